The predicted octanol–water partition coefficient (Wildman–Crippen LogP) is 6.67. The van der Waals surface area contributed by atoms with Crippen molar-refractivity contribution in [2.45, 2.75) is 27.2 Å². The van der Waals surface area contributed by atoms with Crippen LogP contribution in [0.5, 0.6) is 0 Å². The number of carbonyl (C=O) groups is 1. The molecule has 1 aliphatic heterocycles. The Kier molecular flexibility index (Phi) is 6.90. The number of benzene rings is 2. The third kappa shape index (κ3) is 4.78. The highest BCUT2D eigenvalue weighted by molar-refractivity contribution is 8.18. The summed E-state index contributed by atoms with van der Waals surface area (Å²) in [6.07, 6.45) is 2.71. The van der Waals surface area contributed by atoms with Gasteiger partial charge in [-0.05, 0) is 86.1 Å². The van der Waals surface area contributed by atoms with Crippen LogP contribution in [-0.4, -0.2) is 32.0 Å². The molecule has 2 aromatic carbocycles. The average molecular weight is 495 g/mol. The van der Waals surface area contributed by atoms with Crippen molar-refractivity contribution < 1.29 is 9.72 Å². The zero-order chi connectivity index (χ0) is 24.4. The summed E-state index contributed by atoms with van der Waals surface area (Å²) in [5.74, 6) is -0.0697. The normalized spacial score (nSPS) is 16.1. The van der Waals surface area contributed by atoms with Gasteiger partial charge in [0, 0.05) is 40.8 Å². The van der Waals surface area contributed by atoms with Crippen molar-refractivity contribution in [1.82, 2.24) is 9.47 Å². The number of carbonyl (C=O) groups excluding carboxylic acids is 1. The number of halogens is 1. The molecule has 1 saturated heterocycles. The molecule has 3 aromatic rings. The maximum absolute atomic E-state index is 13.2. The summed E-state index contributed by atoms with van der Waals surface area (Å²) in [7, 11) is 0. The lowest BCUT2D eigenvalue weighted by Crippen LogP contribution is -2.29. The van der Waals surface area contributed by atoms with E-state index in [-0.39, 0.29) is 11.6 Å². The van der Waals surface area contributed by atoms with Gasteiger partial charge in [0.25, 0.3) is 11.6 Å². The van der Waals surface area contributed by atoms with Crippen LogP contribution in [0.15, 0.2) is 64.5 Å². The van der Waals surface area contributed by atoms with Gasteiger partial charge < -0.3 is 4.57 Å². The number of aryl methyl sites for hydroxylation is 1. The Bertz CT molecular complexity index is 1310. The van der Waals surface area contributed by atoms with Crippen LogP contribution in [0.25, 0.3) is 11.8 Å². The molecule has 0 radical (unpaired) electrons. The van der Waals surface area contributed by atoms with E-state index in [1.807, 2.05) is 49.6 Å². The zero-order valence-electron chi connectivity index (χ0n) is 19.0. The first-order chi connectivity index (χ1) is 16.3. The Balaban J connectivity index is 1.68. The summed E-state index contributed by atoms with van der Waals surface area (Å²) < 4.78 is 2.02. The van der Waals surface area contributed by atoms with E-state index in [4.69, 9.17) is 11.6 Å². The Morgan fingerprint density at radius 3 is 2.41 bits per heavy atom. The number of hydrogen-bond acceptors (Lipinski definition) is 5. The van der Waals surface area contributed by atoms with E-state index in [1.165, 1.54) is 23.9 Å². The van der Waals surface area contributed by atoms with E-state index in [2.05, 4.69) is 4.99 Å². The van der Waals surface area contributed by atoms with Crippen molar-refractivity contribution in [2.24, 2.45) is 4.99 Å². The van der Waals surface area contributed by atoms with Crippen molar-refractivity contribution in [1.29, 1.82) is 0 Å². The standard InChI is InChI=1S/C25H23ClN4O3S/c1-4-13-28-24(31)23(34-25(28)27-20-7-5-19(26)6-8-20)15-18-14-16(2)29(17(18)3)21-9-11-22(12-10-21)30(32)33/h5-12,14-15H,4,13H2,1-3H3/b23-15-,27-25?. The van der Waals surface area contributed by atoms with Gasteiger partial charge in [-0.25, -0.2) is 4.99 Å². The summed E-state index contributed by atoms with van der Waals surface area (Å²) in [6, 6.07) is 15.6. The molecular formula is C25H23ClN4O3S. The number of rotatable bonds is 6. The maximum Gasteiger partial charge on any atom is 0.269 e. The fourth-order valence-corrected chi connectivity index (χ4v) is 4.98. The number of thioether (sulfide) groups is 1. The van der Waals surface area contributed by atoms with Crippen LogP contribution in [0.2, 0.25) is 5.02 Å². The minimum Gasteiger partial charge on any atom is -0.318 e. The SMILES string of the molecule is CCCN1C(=O)/C(=C/c2cc(C)n(-c3ccc([N+](=O)[O-])cc3)c2C)SC1=Nc1ccc(Cl)cc1. The van der Waals surface area contributed by atoms with E-state index in [0.717, 1.165) is 34.7 Å². The second-order valence-corrected chi connectivity index (χ2v) is 9.32. The number of hydrogen-bond donors (Lipinski definition) is 0. The first-order valence-corrected chi connectivity index (χ1v) is 12.0. The summed E-state index contributed by atoms with van der Waals surface area (Å²) in [5.41, 5.74) is 4.43. The Morgan fingerprint density at radius 2 is 1.79 bits per heavy atom. The number of nitrogens with zero attached hydrogens (tertiary/aromatic N) is 4. The number of aliphatic imine (C=N–C) groups is 1. The van der Waals surface area contributed by atoms with Gasteiger partial charge in [0.05, 0.1) is 15.5 Å². The largest absolute Gasteiger partial charge is 0.318 e. The van der Waals surface area contributed by atoms with Crippen LogP contribution in [-0.2, 0) is 4.79 Å². The Labute approximate surface area is 206 Å². The molecule has 174 valence electrons. The number of amidine groups is 1. The summed E-state index contributed by atoms with van der Waals surface area (Å²) >= 11 is 7.34. The molecule has 0 unspecified atom stereocenters. The molecule has 1 aliphatic rings. The van der Waals surface area contributed by atoms with Crippen molar-refractivity contribution in [3.8, 4) is 5.69 Å². The second-order valence-electron chi connectivity index (χ2n) is 7.87. The van der Waals surface area contributed by atoms with E-state index in [1.54, 1.807) is 29.2 Å². The monoisotopic (exact) mass is 494 g/mol. The molecule has 7 nitrogen and oxygen atoms in total. The highest BCUT2D eigenvalue weighted by Gasteiger charge is 2.33. The van der Waals surface area contributed by atoms with E-state index >= 15 is 0 Å². The Hall–Kier alpha value is -3.36. The first kappa shape index (κ1) is 23.8. The van der Waals surface area contributed by atoms with Crippen LogP contribution in [0.3, 0.4) is 0 Å². The van der Waals surface area contributed by atoms with Gasteiger partial charge in [0.15, 0.2) is 5.17 Å². The fraction of sp³-hybridized carbons (Fsp3) is 0.200. The van der Waals surface area contributed by atoms with Crippen molar-refractivity contribution in [3.63, 3.8) is 0 Å². The number of nitro benzene ring substituents is 1. The second kappa shape index (κ2) is 9.87. The number of non-ortho nitro benzene ring substituents is 1. The first-order valence-electron chi connectivity index (χ1n) is 10.8. The molecule has 0 saturated carbocycles. The number of aromatic nitrogens is 1. The topological polar surface area (TPSA) is 80.7 Å². The predicted molar refractivity (Wildman–Crippen MR) is 138 cm³/mol. The molecule has 1 fully saturated rings. The number of amides is 1. The van der Waals surface area contributed by atoms with Gasteiger partial charge in [-0.3, -0.25) is 19.8 Å². The zero-order valence-corrected chi connectivity index (χ0v) is 20.6. The molecule has 4 rings (SSSR count). The molecule has 2 heterocycles. The molecule has 0 N–H and O–H groups in total. The molecule has 0 bridgehead atoms. The quantitative estimate of drug-likeness (QED) is 0.218. The van der Waals surface area contributed by atoms with Gasteiger partial charge in [-0.15, -0.1) is 0 Å². The lowest BCUT2D eigenvalue weighted by molar-refractivity contribution is -0.384. The minimum atomic E-state index is -0.414. The molecule has 0 atom stereocenters. The molecule has 0 spiro atoms. The van der Waals surface area contributed by atoms with Crippen LogP contribution >= 0.6 is 23.4 Å². The third-order valence-electron chi connectivity index (χ3n) is 5.46. The molecule has 1 aromatic heterocycles. The van der Waals surface area contributed by atoms with Gasteiger partial charge in [0.2, 0.25) is 0 Å². The molecule has 1 amide bonds. The lowest BCUT2D eigenvalue weighted by Gasteiger charge is -2.13. The highest BCUT2D eigenvalue weighted by Crippen LogP contribution is 2.35. The van der Waals surface area contributed by atoms with Crippen LogP contribution in [0.1, 0.15) is 30.3 Å². The Morgan fingerprint density at radius 1 is 1.12 bits per heavy atom. The lowest BCUT2D eigenvalue weighted by atomic mass is 10.2. The average Bonchev–Trinajstić information content (AvgIpc) is 3.25. The number of nitro groups is 1. The maximum atomic E-state index is 13.2. The van der Waals surface area contributed by atoms with E-state index in [0.29, 0.717) is 21.6 Å². The van der Waals surface area contributed by atoms with Crippen LogP contribution < -0.4 is 0 Å². The van der Waals surface area contributed by atoms with Crippen molar-refractivity contribution in [3.05, 3.63) is 91.6 Å². The van der Waals surface area contributed by atoms with E-state index in [9.17, 15) is 14.9 Å². The minimum absolute atomic E-state index is 0.0463. The van der Waals surface area contributed by atoms with Crippen molar-refractivity contribution in [2.75, 3.05) is 6.54 Å². The van der Waals surface area contributed by atoms with Gasteiger partial charge in [-0.1, -0.05) is 18.5 Å². The summed E-state index contributed by atoms with van der Waals surface area (Å²) in [6.45, 7) is 6.54. The fourth-order valence-electron chi connectivity index (χ4n) is 3.83. The van der Waals surface area contributed by atoms with Gasteiger partial charge >= 0.3 is 0 Å². The smallest absolute Gasteiger partial charge is 0.269 e. The molecule has 0 aliphatic carbocycles. The van der Waals surface area contributed by atoms with Gasteiger partial charge in [0.1, 0.15) is 0 Å². The van der Waals surface area contributed by atoms with Crippen LogP contribution in [0.4, 0.5) is 11.4 Å². The van der Waals surface area contributed by atoms with E-state index < -0.39 is 4.92 Å². The molecule has 9 heteroatoms. The third-order valence-corrected chi connectivity index (χ3v) is 6.72. The summed E-state index contributed by atoms with van der Waals surface area (Å²) in [4.78, 5) is 30.8. The van der Waals surface area contributed by atoms with Crippen LogP contribution in [0, 0.1) is 24.0 Å². The molecular weight excluding hydrogens is 472 g/mol. The highest BCUT2D eigenvalue weighted by atomic mass is 35.5. The molecule has 34 heavy (non-hydrogen) atoms. The summed E-state index contributed by atoms with van der Waals surface area (Å²) in [5, 5.41) is 12.3. The van der Waals surface area contributed by atoms with Crippen molar-refractivity contribution >= 4 is 51.9 Å². The van der Waals surface area contributed by atoms with Gasteiger partial charge in [-0.2, -0.15) is 0 Å².